The molecule has 2 aromatic carbocycles. The number of anilines is 1. The van der Waals surface area contributed by atoms with E-state index in [0.29, 0.717) is 16.8 Å². The van der Waals surface area contributed by atoms with Crippen LogP contribution in [0.1, 0.15) is 52.8 Å². The maximum Gasteiger partial charge on any atom is 0.261 e. The van der Waals surface area contributed by atoms with Crippen LogP contribution in [0.2, 0.25) is 0 Å². The highest BCUT2D eigenvalue weighted by Crippen LogP contribution is 2.26. The number of amides is 3. The monoisotopic (exact) mass is 378 g/mol. The second kappa shape index (κ2) is 7.84. The minimum Gasteiger partial charge on any atom is -0.490 e. The smallest absolute Gasteiger partial charge is 0.261 e. The molecule has 6 nitrogen and oxygen atoms in total. The van der Waals surface area contributed by atoms with Gasteiger partial charge in [0, 0.05) is 24.7 Å². The Kier molecular flexibility index (Phi) is 5.10. The van der Waals surface area contributed by atoms with Crippen molar-refractivity contribution in [2.24, 2.45) is 0 Å². The van der Waals surface area contributed by atoms with Crippen molar-refractivity contribution in [2.75, 3.05) is 11.9 Å². The molecule has 1 heterocycles. The first-order chi connectivity index (χ1) is 13.6. The van der Waals surface area contributed by atoms with E-state index < -0.39 is 0 Å². The molecule has 0 atom stereocenters. The zero-order valence-electron chi connectivity index (χ0n) is 15.5. The van der Waals surface area contributed by atoms with Crippen LogP contribution < -0.4 is 10.1 Å². The van der Waals surface area contributed by atoms with E-state index >= 15 is 0 Å². The number of nitrogens with one attached hydrogen (secondary N) is 1. The zero-order valence-corrected chi connectivity index (χ0v) is 15.5. The first-order valence-corrected chi connectivity index (χ1v) is 9.63. The van der Waals surface area contributed by atoms with Gasteiger partial charge in [-0.2, -0.15) is 0 Å². The largest absolute Gasteiger partial charge is 0.490 e. The zero-order chi connectivity index (χ0) is 19.5. The fourth-order valence-electron chi connectivity index (χ4n) is 3.72. The van der Waals surface area contributed by atoms with Crippen LogP contribution in [0.3, 0.4) is 0 Å². The minimum atomic E-state index is -0.347. The summed E-state index contributed by atoms with van der Waals surface area (Å²) < 4.78 is 5.95. The molecule has 2 aromatic rings. The van der Waals surface area contributed by atoms with Crippen LogP contribution in [0.25, 0.3) is 0 Å². The van der Waals surface area contributed by atoms with E-state index in [2.05, 4.69) is 5.32 Å². The number of carbonyl (C=O) groups is 3. The lowest BCUT2D eigenvalue weighted by molar-refractivity contribution is -0.116. The SMILES string of the molecule is O=C(CCN1C(=O)c2ccccc2C1=O)Nc1cccc(OC2CCCC2)c1. The molecule has 6 heteroatoms. The van der Waals surface area contributed by atoms with Gasteiger partial charge in [-0.1, -0.05) is 18.2 Å². The fraction of sp³-hybridized carbons (Fsp3) is 0.318. The molecule has 1 fully saturated rings. The molecular weight excluding hydrogens is 356 g/mol. The van der Waals surface area contributed by atoms with E-state index in [0.717, 1.165) is 23.5 Å². The molecule has 1 saturated carbocycles. The Hall–Kier alpha value is -3.15. The van der Waals surface area contributed by atoms with Crippen molar-refractivity contribution < 1.29 is 19.1 Å². The Labute approximate surface area is 163 Å². The predicted octanol–water partition coefficient (Wildman–Crippen LogP) is 3.63. The second-order valence-corrected chi connectivity index (χ2v) is 7.16. The third-order valence-electron chi connectivity index (χ3n) is 5.16. The van der Waals surface area contributed by atoms with E-state index in [-0.39, 0.29) is 36.8 Å². The lowest BCUT2D eigenvalue weighted by atomic mass is 10.1. The molecule has 1 N–H and O–H groups in total. The van der Waals surface area contributed by atoms with Crippen LogP contribution in [0, 0.1) is 0 Å². The highest BCUT2D eigenvalue weighted by molar-refractivity contribution is 6.21. The van der Waals surface area contributed by atoms with E-state index in [1.165, 1.54) is 12.8 Å². The molecule has 0 bridgehead atoms. The molecule has 28 heavy (non-hydrogen) atoms. The summed E-state index contributed by atoms with van der Waals surface area (Å²) in [4.78, 5) is 38.1. The quantitative estimate of drug-likeness (QED) is 0.779. The van der Waals surface area contributed by atoms with Gasteiger partial charge in [0.15, 0.2) is 0 Å². The van der Waals surface area contributed by atoms with Gasteiger partial charge in [0.05, 0.1) is 17.2 Å². The summed E-state index contributed by atoms with van der Waals surface area (Å²) in [5.41, 5.74) is 1.43. The standard InChI is InChI=1S/C22H22N2O4/c25-20(12-13-24-21(26)18-10-3-4-11-19(18)22(24)27)23-15-6-5-9-17(14-15)28-16-7-1-2-8-16/h3-6,9-11,14,16H,1-2,7-8,12-13H2,(H,23,25). The predicted molar refractivity (Wildman–Crippen MR) is 104 cm³/mol. The number of hydrogen-bond donors (Lipinski definition) is 1. The maximum atomic E-state index is 12.3. The summed E-state index contributed by atoms with van der Waals surface area (Å²) in [5.74, 6) is -0.208. The Balaban J connectivity index is 1.33. The van der Waals surface area contributed by atoms with Gasteiger partial charge in [-0.15, -0.1) is 0 Å². The Bertz CT molecular complexity index is 883. The van der Waals surface area contributed by atoms with Crippen LogP contribution in [0.4, 0.5) is 5.69 Å². The van der Waals surface area contributed by atoms with Crippen molar-refractivity contribution in [3.05, 3.63) is 59.7 Å². The summed E-state index contributed by atoms with van der Waals surface area (Å²) in [7, 11) is 0. The van der Waals surface area contributed by atoms with Gasteiger partial charge in [-0.25, -0.2) is 0 Å². The Morgan fingerprint density at radius 1 is 1.00 bits per heavy atom. The van der Waals surface area contributed by atoms with Crippen LogP contribution in [-0.2, 0) is 4.79 Å². The third-order valence-corrected chi connectivity index (χ3v) is 5.16. The number of ether oxygens (including phenoxy) is 1. The summed E-state index contributed by atoms with van der Waals surface area (Å²) in [6, 6.07) is 14.0. The molecule has 2 aliphatic rings. The molecule has 0 saturated heterocycles. The van der Waals surface area contributed by atoms with E-state index in [9.17, 15) is 14.4 Å². The molecule has 0 aromatic heterocycles. The molecule has 4 rings (SSSR count). The van der Waals surface area contributed by atoms with Crippen LogP contribution in [0.5, 0.6) is 5.75 Å². The third kappa shape index (κ3) is 3.76. The lowest BCUT2D eigenvalue weighted by Gasteiger charge is -2.15. The Morgan fingerprint density at radius 3 is 2.36 bits per heavy atom. The maximum absolute atomic E-state index is 12.3. The van der Waals surface area contributed by atoms with Crippen molar-refractivity contribution in [1.29, 1.82) is 0 Å². The van der Waals surface area contributed by atoms with Crippen LogP contribution >= 0.6 is 0 Å². The highest BCUT2D eigenvalue weighted by atomic mass is 16.5. The number of imide groups is 1. The van der Waals surface area contributed by atoms with Crippen LogP contribution in [-0.4, -0.2) is 35.3 Å². The molecule has 1 aliphatic carbocycles. The second-order valence-electron chi connectivity index (χ2n) is 7.16. The fourth-order valence-corrected chi connectivity index (χ4v) is 3.72. The molecule has 144 valence electrons. The normalized spacial score (nSPS) is 16.4. The van der Waals surface area contributed by atoms with Crippen molar-refractivity contribution >= 4 is 23.4 Å². The van der Waals surface area contributed by atoms with Crippen LogP contribution in [0.15, 0.2) is 48.5 Å². The van der Waals surface area contributed by atoms with E-state index in [1.54, 1.807) is 36.4 Å². The molecule has 3 amide bonds. The van der Waals surface area contributed by atoms with Gasteiger partial charge < -0.3 is 10.1 Å². The molecular formula is C22H22N2O4. The van der Waals surface area contributed by atoms with E-state index in [1.807, 2.05) is 12.1 Å². The van der Waals surface area contributed by atoms with Gasteiger partial charge in [0.1, 0.15) is 5.75 Å². The van der Waals surface area contributed by atoms with Gasteiger partial charge in [0.2, 0.25) is 5.91 Å². The number of hydrogen-bond acceptors (Lipinski definition) is 4. The number of nitrogens with zero attached hydrogens (tertiary/aromatic N) is 1. The Morgan fingerprint density at radius 2 is 1.68 bits per heavy atom. The molecule has 0 unspecified atom stereocenters. The number of carbonyl (C=O) groups excluding carboxylic acids is 3. The lowest BCUT2D eigenvalue weighted by Crippen LogP contribution is -2.32. The summed E-state index contributed by atoms with van der Waals surface area (Å²) >= 11 is 0. The highest BCUT2D eigenvalue weighted by Gasteiger charge is 2.34. The first-order valence-electron chi connectivity index (χ1n) is 9.63. The number of rotatable bonds is 6. The van der Waals surface area contributed by atoms with E-state index in [4.69, 9.17) is 4.74 Å². The molecule has 0 radical (unpaired) electrons. The molecule has 0 spiro atoms. The van der Waals surface area contributed by atoms with Crippen molar-refractivity contribution in [2.45, 2.75) is 38.2 Å². The van der Waals surface area contributed by atoms with Gasteiger partial charge >= 0.3 is 0 Å². The van der Waals surface area contributed by atoms with Crippen molar-refractivity contribution in [3.63, 3.8) is 0 Å². The topological polar surface area (TPSA) is 75.7 Å². The first kappa shape index (κ1) is 18.2. The van der Waals surface area contributed by atoms with Gasteiger partial charge in [0.25, 0.3) is 11.8 Å². The summed E-state index contributed by atoms with van der Waals surface area (Å²) in [5, 5.41) is 2.81. The summed E-state index contributed by atoms with van der Waals surface area (Å²) in [6.45, 7) is 0.0520. The molecule has 1 aliphatic heterocycles. The average Bonchev–Trinajstić information content (AvgIpc) is 3.28. The summed E-state index contributed by atoms with van der Waals surface area (Å²) in [6.07, 6.45) is 4.81. The van der Waals surface area contributed by atoms with Gasteiger partial charge in [-0.05, 0) is 49.9 Å². The average molecular weight is 378 g/mol. The number of fused-ring (bicyclic) bond motifs is 1. The van der Waals surface area contributed by atoms with Gasteiger partial charge in [-0.3, -0.25) is 19.3 Å². The van der Waals surface area contributed by atoms with Crippen molar-refractivity contribution in [1.82, 2.24) is 4.90 Å². The van der Waals surface area contributed by atoms with Crippen molar-refractivity contribution in [3.8, 4) is 5.75 Å². The number of benzene rings is 2. The minimum absolute atomic E-state index is 0.0409.